The summed E-state index contributed by atoms with van der Waals surface area (Å²) in [7, 11) is 1.48. The van der Waals surface area contributed by atoms with E-state index in [1.807, 2.05) is 6.07 Å². The first-order valence-electron chi connectivity index (χ1n) is 12.9. The number of aromatic nitrogens is 2. The van der Waals surface area contributed by atoms with Gasteiger partial charge in [0.15, 0.2) is 11.6 Å². The van der Waals surface area contributed by atoms with Gasteiger partial charge in [0.1, 0.15) is 5.82 Å². The van der Waals surface area contributed by atoms with Gasteiger partial charge < -0.3 is 19.5 Å². The van der Waals surface area contributed by atoms with E-state index in [0.29, 0.717) is 11.7 Å². The van der Waals surface area contributed by atoms with Crippen LogP contribution < -0.4 is 4.74 Å². The van der Waals surface area contributed by atoms with Gasteiger partial charge in [-0.15, -0.1) is 0 Å². The number of nitrogens with zero attached hydrogens (tertiary/aromatic N) is 3. The SMILES string of the molecule is COc1ccc(-c2nc3c(C)cc(C4CCN(C5CCN(C6CC6)CC5)CC4)cc3[nH]2)cc1F. The topological polar surface area (TPSA) is 44.4 Å². The second-order valence-electron chi connectivity index (χ2n) is 10.5. The third kappa shape index (κ3) is 4.22. The third-order valence-electron chi connectivity index (χ3n) is 8.30. The molecule has 2 saturated heterocycles. The molecule has 3 fully saturated rings. The van der Waals surface area contributed by atoms with E-state index < -0.39 is 0 Å². The van der Waals surface area contributed by atoms with Crippen molar-refractivity contribution in [3.05, 3.63) is 47.3 Å². The van der Waals surface area contributed by atoms with Crippen molar-refractivity contribution >= 4 is 11.0 Å². The molecule has 0 bridgehead atoms. The van der Waals surface area contributed by atoms with Gasteiger partial charge in [0.2, 0.25) is 0 Å². The fraction of sp³-hybridized carbons (Fsp3) is 0.536. The number of hydrogen-bond donors (Lipinski definition) is 1. The molecule has 0 atom stereocenters. The second-order valence-corrected chi connectivity index (χ2v) is 10.5. The zero-order valence-electron chi connectivity index (χ0n) is 20.3. The standard InChI is InChI=1S/C28H35FN4O/c1-18-15-21(17-25-27(18)31-28(30-25)20-3-6-26(34-2)24(29)16-20)19-7-11-32(12-8-19)23-9-13-33(14-10-23)22-4-5-22/h3,6,15-17,19,22-23H,4-5,7-14H2,1-2H3,(H,30,31). The molecule has 0 radical (unpaired) electrons. The van der Waals surface area contributed by atoms with Crippen molar-refractivity contribution in [2.24, 2.45) is 0 Å². The van der Waals surface area contributed by atoms with Gasteiger partial charge in [0.05, 0.1) is 18.1 Å². The molecule has 1 N–H and O–H groups in total. The molecule has 3 aliphatic rings. The molecule has 2 aromatic carbocycles. The number of rotatable bonds is 5. The summed E-state index contributed by atoms with van der Waals surface area (Å²) in [5.41, 5.74) is 5.32. The molecule has 3 heterocycles. The lowest BCUT2D eigenvalue weighted by molar-refractivity contribution is 0.0844. The van der Waals surface area contributed by atoms with Crippen molar-refractivity contribution < 1.29 is 9.13 Å². The predicted molar refractivity (Wildman–Crippen MR) is 134 cm³/mol. The quantitative estimate of drug-likeness (QED) is 0.544. The number of methoxy groups -OCH3 is 1. The highest BCUT2D eigenvalue weighted by Gasteiger charge is 2.34. The number of aromatic amines is 1. The number of fused-ring (bicyclic) bond motifs is 1. The van der Waals surface area contributed by atoms with Gasteiger partial charge in [-0.3, -0.25) is 0 Å². The Morgan fingerprint density at radius 1 is 0.912 bits per heavy atom. The van der Waals surface area contributed by atoms with Gasteiger partial charge in [-0.2, -0.15) is 0 Å². The molecule has 0 unspecified atom stereocenters. The number of aryl methyl sites for hydroxylation is 1. The van der Waals surface area contributed by atoms with E-state index in [1.54, 1.807) is 6.07 Å². The van der Waals surface area contributed by atoms with E-state index in [9.17, 15) is 4.39 Å². The summed E-state index contributed by atoms with van der Waals surface area (Å²) in [6.07, 6.45) is 7.98. The second kappa shape index (κ2) is 8.97. The van der Waals surface area contributed by atoms with Crippen molar-refractivity contribution in [1.82, 2.24) is 19.8 Å². The molecule has 0 spiro atoms. The van der Waals surface area contributed by atoms with E-state index >= 15 is 0 Å². The Morgan fingerprint density at radius 2 is 1.59 bits per heavy atom. The molecular formula is C28H35FN4O. The van der Waals surface area contributed by atoms with Gasteiger partial charge in [0, 0.05) is 17.6 Å². The smallest absolute Gasteiger partial charge is 0.165 e. The molecule has 34 heavy (non-hydrogen) atoms. The van der Waals surface area contributed by atoms with Crippen LogP contribution in [0.4, 0.5) is 4.39 Å². The van der Waals surface area contributed by atoms with Crippen LogP contribution in [0.15, 0.2) is 30.3 Å². The Hall–Kier alpha value is -2.44. The summed E-state index contributed by atoms with van der Waals surface area (Å²) in [4.78, 5) is 13.7. The fourth-order valence-electron chi connectivity index (χ4n) is 6.16. The predicted octanol–water partition coefficient (Wildman–Crippen LogP) is 5.49. The maximum absolute atomic E-state index is 14.2. The van der Waals surface area contributed by atoms with E-state index in [2.05, 4.69) is 33.8 Å². The molecule has 2 aliphatic heterocycles. The molecule has 0 amide bonds. The summed E-state index contributed by atoms with van der Waals surface area (Å²) in [6, 6.07) is 11.3. The number of H-pyrrole nitrogens is 1. The van der Waals surface area contributed by atoms with Crippen LogP contribution >= 0.6 is 0 Å². The van der Waals surface area contributed by atoms with Crippen molar-refractivity contribution in [3.63, 3.8) is 0 Å². The van der Waals surface area contributed by atoms with Crippen LogP contribution in [0.25, 0.3) is 22.4 Å². The Bertz CT molecular complexity index is 1170. The maximum atomic E-state index is 14.2. The summed E-state index contributed by atoms with van der Waals surface area (Å²) in [5.74, 6) is 1.17. The van der Waals surface area contributed by atoms with Crippen LogP contribution in [0.5, 0.6) is 5.75 Å². The lowest BCUT2D eigenvalue weighted by atomic mass is 9.87. The van der Waals surface area contributed by atoms with Crippen molar-refractivity contribution in [2.45, 2.75) is 63.5 Å². The number of halogens is 1. The zero-order valence-corrected chi connectivity index (χ0v) is 20.3. The van der Waals surface area contributed by atoms with Gasteiger partial charge in [-0.25, -0.2) is 9.37 Å². The summed E-state index contributed by atoms with van der Waals surface area (Å²) in [5, 5.41) is 0. The third-order valence-corrected chi connectivity index (χ3v) is 8.30. The van der Waals surface area contributed by atoms with Gasteiger partial charge in [0.25, 0.3) is 0 Å². The van der Waals surface area contributed by atoms with E-state index in [4.69, 9.17) is 9.72 Å². The molecule has 1 saturated carbocycles. The number of nitrogens with one attached hydrogen (secondary N) is 1. The highest BCUT2D eigenvalue weighted by atomic mass is 19.1. The molecular weight excluding hydrogens is 427 g/mol. The van der Waals surface area contributed by atoms with E-state index in [-0.39, 0.29) is 11.6 Å². The lowest BCUT2D eigenvalue weighted by Gasteiger charge is -2.42. The number of likely N-dealkylation sites (tertiary alicyclic amines) is 2. The minimum Gasteiger partial charge on any atom is -0.494 e. The Morgan fingerprint density at radius 3 is 2.24 bits per heavy atom. The minimum absolute atomic E-state index is 0.248. The average molecular weight is 463 g/mol. The van der Waals surface area contributed by atoms with Crippen molar-refractivity contribution in [3.8, 4) is 17.1 Å². The molecule has 180 valence electrons. The van der Waals surface area contributed by atoms with E-state index in [0.717, 1.165) is 28.7 Å². The molecule has 6 rings (SSSR count). The Kier molecular flexibility index (Phi) is 5.82. The van der Waals surface area contributed by atoms with Gasteiger partial charge in [-0.05, 0) is 113 Å². The van der Waals surface area contributed by atoms with Gasteiger partial charge >= 0.3 is 0 Å². The summed E-state index contributed by atoms with van der Waals surface area (Å²) >= 11 is 0. The number of benzene rings is 2. The maximum Gasteiger partial charge on any atom is 0.165 e. The monoisotopic (exact) mass is 462 g/mol. The normalized spacial score (nSPS) is 21.4. The van der Waals surface area contributed by atoms with Crippen LogP contribution in [-0.2, 0) is 0 Å². The first kappa shape index (κ1) is 22.1. The fourth-order valence-corrected chi connectivity index (χ4v) is 6.16. The van der Waals surface area contributed by atoms with Crippen molar-refractivity contribution in [1.29, 1.82) is 0 Å². The first-order chi connectivity index (χ1) is 16.6. The highest BCUT2D eigenvalue weighted by molar-refractivity contribution is 5.83. The minimum atomic E-state index is -0.372. The largest absolute Gasteiger partial charge is 0.494 e. The Labute approximate surface area is 201 Å². The summed E-state index contributed by atoms with van der Waals surface area (Å²) < 4.78 is 19.3. The van der Waals surface area contributed by atoms with Crippen LogP contribution in [0.2, 0.25) is 0 Å². The molecule has 6 heteroatoms. The molecule has 5 nitrogen and oxygen atoms in total. The Balaban J connectivity index is 1.14. The van der Waals surface area contributed by atoms with Crippen molar-refractivity contribution in [2.75, 3.05) is 33.3 Å². The molecule has 3 aromatic rings. The highest BCUT2D eigenvalue weighted by Crippen LogP contribution is 2.35. The molecule has 1 aromatic heterocycles. The number of piperidine rings is 2. The van der Waals surface area contributed by atoms with E-state index in [1.165, 1.54) is 89.0 Å². The molecule has 1 aliphatic carbocycles. The van der Waals surface area contributed by atoms with Gasteiger partial charge in [-0.1, -0.05) is 6.07 Å². The van der Waals surface area contributed by atoms with Crippen LogP contribution in [-0.4, -0.2) is 65.1 Å². The summed E-state index contributed by atoms with van der Waals surface area (Å²) in [6.45, 7) is 7.13. The zero-order chi connectivity index (χ0) is 23.2. The lowest BCUT2D eigenvalue weighted by Crippen LogP contribution is -2.47. The number of imidazole rings is 1. The number of ether oxygens (including phenoxy) is 1. The number of hydrogen-bond acceptors (Lipinski definition) is 4. The first-order valence-corrected chi connectivity index (χ1v) is 12.9. The average Bonchev–Trinajstić information content (AvgIpc) is 3.62. The van der Waals surface area contributed by atoms with Crippen LogP contribution in [0, 0.1) is 12.7 Å². The van der Waals surface area contributed by atoms with Crippen LogP contribution in [0.1, 0.15) is 55.6 Å². The van der Waals surface area contributed by atoms with Crippen LogP contribution in [0.3, 0.4) is 0 Å².